The maximum absolute atomic E-state index is 13.8. The van der Waals surface area contributed by atoms with Crippen molar-refractivity contribution in [3.63, 3.8) is 0 Å². The van der Waals surface area contributed by atoms with Crippen molar-refractivity contribution >= 4 is 17.5 Å². The third kappa shape index (κ3) is 4.59. The van der Waals surface area contributed by atoms with Gasteiger partial charge in [0.2, 0.25) is 0 Å². The number of carbonyl (C=O) groups is 2. The van der Waals surface area contributed by atoms with E-state index in [0.717, 1.165) is 12.1 Å². The highest BCUT2D eigenvalue weighted by Gasteiger charge is 2.15. The van der Waals surface area contributed by atoms with Gasteiger partial charge < -0.3 is 10.6 Å². The van der Waals surface area contributed by atoms with Crippen molar-refractivity contribution in [1.82, 2.24) is 5.32 Å². The number of anilines is 1. The Morgan fingerprint density at radius 3 is 2.11 bits per heavy atom. The average Bonchev–Trinajstić information content (AvgIpc) is 2.69. The highest BCUT2D eigenvalue weighted by atomic mass is 19.1. The first kappa shape index (κ1) is 19.2. The zero-order chi connectivity index (χ0) is 20.1. The molecular formula is C22H18F2N2O2. The Balaban J connectivity index is 1.64. The second-order valence-corrected chi connectivity index (χ2v) is 6.26. The van der Waals surface area contributed by atoms with E-state index in [2.05, 4.69) is 10.6 Å². The predicted octanol–water partition coefficient (Wildman–Crippen LogP) is 4.71. The standard InChI is InChI=1S/C22H18F2N2O2/c1-14(19-12-9-17(23)13-20(19)24)25-21(27)16-7-10-18(11-8-16)26-22(28)15-5-3-2-4-6-15/h2-14H,1H3,(H,25,27)(H,26,28). The van der Waals surface area contributed by atoms with Crippen LogP contribution in [0.25, 0.3) is 0 Å². The van der Waals surface area contributed by atoms with Crippen LogP contribution in [0.15, 0.2) is 72.8 Å². The molecule has 1 atom stereocenters. The van der Waals surface area contributed by atoms with E-state index in [1.165, 1.54) is 6.07 Å². The van der Waals surface area contributed by atoms with Crippen LogP contribution in [0.5, 0.6) is 0 Å². The molecule has 0 fully saturated rings. The second-order valence-electron chi connectivity index (χ2n) is 6.26. The molecule has 0 spiro atoms. The van der Waals surface area contributed by atoms with Gasteiger partial charge in [-0.3, -0.25) is 9.59 Å². The van der Waals surface area contributed by atoms with Crippen molar-refractivity contribution in [1.29, 1.82) is 0 Å². The summed E-state index contributed by atoms with van der Waals surface area (Å²) in [5.74, 6) is -2.05. The average molecular weight is 380 g/mol. The number of nitrogens with one attached hydrogen (secondary N) is 2. The number of amides is 2. The summed E-state index contributed by atoms with van der Waals surface area (Å²) in [6.45, 7) is 1.61. The number of benzene rings is 3. The molecule has 28 heavy (non-hydrogen) atoms. The van der Waals surface area contributed by atoms with E-state index in [9.17, 15) is 18.4 Å². The van der Waals surface area contributed by atoms with E-state index in [1.54, 1.807) is 55.5 Å². The molecule has 0 radical (unpaired) electrons. The van der Waals surface area contributed by atoms with E-state index < -0.39 is 23.6 Å². The zero-order valence-electron chi connectivity index (χ0n) is 15.1. The number of halogens is 2. The van der Waals surface area contributed by atoms with Gasteiger partial charge in [0.1, 0.15) is 11.6 Å². The molecule has 2 N–H and O–H groups in total. The molecule has 3 aromatic rings. The fourth-order valence-corrected chi connectivity index (χ4v) is 2.71. The van der Waals surface area contributed by atoms with Gasteiger partial charge in [-0.05, 0) is 49.4 Å². The van der Waals surface area contributed by atoms with Crippen LogP contribution >= 0.6 is 0 Å². The monoisotopic (exact) mass is 380 g/mol. The fraction of sp³-hybridized carbons (Fsp3) is 0.0909. The minimum Gasteiger partial charge on any atom is -0.345 e. The molecule has 0 heterocycles. The largest absolute Gasteiger partial charge is 0.345 e. The molecule has 3 aromatic carbocycles. The molecule has 142 valence electrons. The number of hydrogen-bond acceptors (Lipinski definition) is 2. The van der Waals surface area contributed by atoms with E-state index in [1.807, 2.05) is 6.07 Å². The van der Waals surface area contributed by atoms with Gasteiger partial charge in [0, 0.05) is 28.4 Å². The summed E-state index contributed by atoms with van der Waals surface area (Å²) in [7, 11) is 0. The first-order valence-corrected chi connectivity index (χ1v) is 8.66. The minimum absolute atomic E-state index is 0.196. The van der Waals surface area contributed by atoms with Crippen molar-refractivity contribution < 1.29 is 18.4 Å². The molecule has 6 heteroatoms. The van der Waals surface area contributed by atoms with Gasteiger partial charge in [-0.1, -0.05) is 24.3 Å². The maximum atomic E-state index is 13.8. The van der Waals surface area contributed by atoms with Gasteiger partial charge in [0.15, 0.2) is 0 Å². The minimum atomic E-state index is -0.716. The zero-order valence-corrected chi connectivity index (χ0v) is 15.1. The summed E-state index contributed by atoms with van der Waals surface area (Å²) in [4.78, 5) is 24.5. The predicted molar refractivity (Wildman–Crippen MR) is 103 cm³/mol. The topological polar surface area (TPSA) is 58.2 Å². The molecule has 4 nitrogen and oxygen atoms in total. The smallest absolute Gasteiger partial charge is 0.255 e. The third-order valence-electron chi connectivity index (χ3n) is 4.22. The molecule has 2 amide bonds. The molecule has 0 aliphatic carbocycles. The molecule has 0 saturated heterocycles. The van der Waals surface area contributed by atoms with E-state index in [4.69, 9.17) is 0 Å². The van der Waals surface area contributed by atoms with Crippen molar-refractivity contribution in [3.8, 4) is 0 Å². The molecule has 1 unspecified atom stereocenters. The lowest BCUT2D eigenvalue weighted by atomic mass is 10.1. The molecule has 0 aliphatic rings. The van der Waals surface area contributed by atoms with Crippen LogP contribution in [0.3, 0.4) is 0 Å². The van der Waals surface area contributed by atoms with Gasteiger partial charge in [-0.15, -0.1) is 0 Å². The van der Waals surface area contributed by atoms with Crippen LogP contribution in [-0.4, -0.2) is 11.8 Å². The van der Waals surface area contributed by atoms with Gasteiger partial charge in [-0.25, -0.2) is 8.78 Å². The van der Waals surface area contributed by atoms with Gasteiger partial charge >= 0.3 is 0 Å². The Bertz CT molecular complexity index is 989. The first-order valence-electron chi connectivity index (χ1n) is 8.66. The fourth-order valence-electron chi connectivity index (χ4n) is 2.71. The highest BCUT2D eigenvalue weighted by Crippen LogP contribution is 2.19. The summed E-state index contributed by atoms with van der Waals surface area (Å²) >= 11 is 0. The molecule has 0 saturated carbocycles. The first-order chi connectivity index (χ1) is 13.4. The molecule has 0 bridgehead atoms. The quantitative estimate of drug-likeness (QED) is 0.674. The SMILES string of the molecule is CC(NC(=O)c1ccc(NC(=O)c2ccccc2)cc1)c1ccc(F)cc1F. The van der Waals surface area contributed by atoms with Gasteiger partial charge in [-0.2, -0.15) is 0 Å². The Labute approximate surface area is 161 Å². The Kier molecular flexibility index (Phi) is 5.79. The van der Waals surface area contributed by atoms with Crippen LogP contribution in [-0.2, 0) is 0 Å². The van der Waals surface area contributed by atoms with Gasteiger partial charge in [0.05, 0.1) is 6.04 Å². The van der Waals surface area contributed by atoms with Crippen molar-refractivity contribution in [2.75, 3.05) is 5.32 Å². The third-order valence-corrected chi connectivity index (χ3v) is 4.22. The Morgan fingerprint density at radius 2 is 1.46 bits per heavy atom. The van der Waals surface area contributed by atoms with Crippen LogP contribution in [0.2, 0.25) is 0 Å². The van der Waals surface area contributed by atoms with E-state index >= 15 is 0 Å². The van der Waals surface area contributed by atoms with Crippen molar-refractivity contribution in [3.05, 3.63) is 101 Å². The summed E-state index contributed by atoms with van der Waals surface area (Å²) in [5.41, 5.74) is 1.62. The summed E-state index contributed by atoms with van der Waals surface area (Å²) in [5, 5.41) is 5.42. The van der Waals surface area contributed by atoms with Crippen molar-refractivity contribution in [2.45, 2.75) is 13.0 Å². The Hall–Kier alpha value is -3.54. The highest BCUT2D eigenvalue weighted by molar-refractivity contribution is 6.04. The lowest BCUT2D eigenvalue weighted by molar-refractivity contribution is 0.0939. The lowest BCUT2D eigenvalue weighted by Gasteiger charge is -2.15. The van der Waals surface area contributed by atoms with Crippen molar-refractivity contribution in [2.24, 2.45) is 0 Å². The normalized spacial score (nSPS) is 11.5. The molecular weight excluding hydrogens is 362 g/mol. The van der Waals surface area contributed by atoms with Crippen LogP contribution in [0.4, 0.5) is 14.5 Å². The van der Waals surface area contributed by atoms with Gasteiger partial charge in [0.25, 0.3) is 11.8 Å². The maximum Gasteiger partial charge on any atom is 0.255 e. The van der Waals surface area contributed by atoms with E-state index in [-0.39, 0.29) is 11.5 Å². The summed E-state index contributed by atoms with van der Waals surface area (Å²) < 4.78 is 26.9. The van der Waals surface area contributed by atoms with Crippen LogP contribution in [0.1, 0.15) is 39.2 Å². The molecule has 0 aliphatic heterocycles. The van der Waals surface area contributed by atoms with Crippen LogP contribution in [0, 0.1) is 11.6 Å². The molecule has 0 aromatic heterocycles. The van der Waals surface area contributed by atoms with E-state index in [0.29, 0.717) is 16.8 Å². The lowest BCUT2D eigenvalue weighted by Crippen LogP contribution is -2.27. The molecule has 3 rings (SSSR count). The number of rotatable bonds is 5. The van der Waals surface area contributed by atoms with Crippen LogP contribution < -0.4 is 10.6 Å². The summed E-state index contributed by atoms with van der Waals surface area (Å²) in [6, 6.07) is 17.7. The summed E-state index contributed by atoms with van der Waals surface area (Å²) in [6.07, 6.45) is 0. The number of hydrogen-bond donors (Lipinski definition) is 2. The Morgan fingerprint density at radius 1 is 0.821 bits per heavy atom. The number of carbonyl (C=O) groups excluding carboxylic acids is 2. The second kappa shape index (κ2) is 8.43.